The molecule has 2 aromatic carbocycles. The summed E-state index contributed by atoms with van der Waals surface area (Å²) in [6, 6.07) is 14.1. The number of para-hydroxylation sites is 1. The number of benzene rings is 2. The number of carbonyl (C=O) groups excluding carboxylic acids is 2. The van der Waals surface area contributed by atoms with Gasteiger partial charge in [-0.05, 0) is 43.2 Å². The minimum Gasteiger partial charge on any atom is -0.325 e. The number of sulfone groups is 1. The first-order valence-corrected chi connectivity index (χ1v) is 10.1. The normalized spacial score (nSPS) is 18.3. The van der Waals surface area contributed by atoms with Crippen molar-refractivity contribution in [2.45, 2.75) is 13.3 Å². The van der Waals surface area contributed by atoms with E-state index in [4.69, 9.17) is 0 Å². The Kier molecular flexibility index (Phi) is 5.08. The van der Waals surface area contributed by atoms with Crippen LogP contribution in [0.3, 0.4) is 0 Å². The fraction of sp³-hybridized carbons (Fsp3) is 0.263. The van der Waals surface area contributed by atoms with E-state index in [0.29, 0.717) is 23.4 Å². The molecule has 3 rings (SSSR count). The van der Waals surface area contributed by atoms with E-state index in [2.05, 4.69) is 10.6 Å². The first-order valence-electron chi connectivity index (χ1n) is 8.32. The number of rotatable bonds is 4. The van der Waals surface area contributed by atoms with Gasteiger partial charge in [0.05, 0.1) is 28.7 Å². The molecule has 1 aliphatic heterocycles. The lowest BCUT2D eigenvalue weighted by Crippen LogP contribution is -2.25. The summed E-state index contributed by atoms with van der Waals surface area (Å²) in [6.07, 6.45) is 0.311. The number of hydrogen-bond donors (Lipinski definition) is 2. The maximum absolute atomic E-state index is 12.6. The molecule has 2 amide bonds. The van der Waals surface area contributed by atoms with E-state index in [0.717, 1.165) is 5.56 Å². The summed E-state index contributed by atoms with van der Waals surface area (Å²) in [5.41, 5.74) is 2.38. The van der Waals surface area contributed by atoms with Gasteiger partial charge in [0.15, 0.2) is 9.84 Å². The summed E-state index contributed by atoms with van der Waals surface area (Å²) in [5, 5.41) is 5.51. The second kappa shape index (κ2) is 7.29. The van der Waals surface area contributed by atoms with E-state index < -0.39 is 15.8 Å². The first-order chi connectivity index (χ1) is 12.3. The van der Waals surface area contributed by atoms with Crippen LogP contribution in [0.25, 0.3) is 0 Å². The lowest BCUT2D eigenvalue weighted by Gasteiger charge is -2.14. The molecular formula is C19H20N2O4S. The first kappa shape index (κ1) is 18.1. The summed E-state index contributed by atoms with van der Waals surface area (Å²) < 4.78 is 23.1. The molecule has 26 heavy (non-hydrogen) atoms. The van der Waals surface area contributed by atoms with Crippen molar-refractivity contribution in [2.24, 2.45) is 5.92 Å². The van der Waals surface area contributed by atoms with Crippen molar-refractivity contribution in [1.82, 2.24) is 0 Å². The van der Waals surface area contributed by atoms with Crippen LogP contribution in [0.15, 0.2) is 48.5 Å². The molecule has 1 atom stereocenters. The molecule has 136 valence electrons. The molecule has 0 bridgehead atoms. The average Bonchev–Trinajstić information content (AvgIpc) is 2.95. The highest BCUT2D eigenvalue weighted by Crippen LogP contribution is 2.23. The van der Waals surface area contributed by atoms with E-state index in [1.54, 1.807) is 30.3 Å². The molecule has 0 aliphatic carbocycles. The van der Waals surface area contributed by atoms with Crippen LogP contribution in [0, 0.1) is 12.8 Å². The summed E-state index contributed by atoms with van der Waals surface area (Å²) in [6.45, 7) is 1.93. The van der Waals surface area contributed by atoms with Gasteiger partial charge >= 0.3 is 0 Å². The van der Waals surface area contributed by atoms with Gasteiger partial charge in [-0.1, -0.05) is 24.3 Å². The average molecular weight is 372 g/mol. The fourth-order valence-corrected chi connectivity index (χ4v) is 4.69. The quantitative estimate of drug-likeness (QED) is 0.863. The van der Waals surface area contributed by atoms with Gasteiger partial charge in [0, 0.05) is 5.69 Å². The van der Waals surface area contributed by atoms with Crippen LogP contribution in [-0.2, 0) is 14.6 Å². The van der Waals surface area contributed by atoms with Crippen LogP contribution in [0.2, 0.25) is 0 Å². The highest BCUT2D eigenvalue weighted by molar-refractivity contribution is 7.91. The highest BCUT2D eigenvalue weighted by Gasteiger charge is 2.33. The molecule has 2 aromatic rings. The molecule has 1 heterocycles. The summed E-state index contributed by atoms with van der Waals surface area (Å²) in [5.74, 6) is -1.41. The monoisotopic (exact) mass is 372 g/mol. The smallest absolute Gasteiger partial charge is 0.257 e. The zero-order chi connectivity index (χ0) is 18.7. The lowest BCUT2D eigenvalue weighted by atomic mass is 10.1. The van der Waals surface area contributed by atoms with Crippen molar-refractivity contribution < 1.29 is 18.0 Å². The molecule has 0 spiro atoms. The number of carbonyl (C=O) groups is 2. The van der Waals surface area contributed by atoms with Gasteiger partial charge in [0.2, 0.25) is 5.91 Å². The summed E-state index contributed by atoms with van der Waals surface area (Å²) >= 11 is 0. The maximum atomic E-state index is 12.6. The fourth-order valence-electron chi connectivity index (χ4n) is 2.95. The topological polar surface area (TPSA) is 92.3 Å². The Bertz CT molecular complexity index is 954. The Balaban J connectivity index is 1.75. The molecule has 0 radical (unpaired) electrons. The van der Waals surface area contributed by atoms with Crippen molar-refractivity contribution in [1.29, 1.82) is 0 Å². The van der Waals surface area contributed by atoms with Crippen molar-refractivity contribution >= 4 is 33.0 Å². The van der Waals surface area contributed by atoms with Crippen LogP contribution in [0.5, 0.6) is 0 Å². The third-order valence-corrected chi connectivity index (χ3v) is 6.08. The maximum Gasteiger partial charge on any atom is 0.257 e. The largest absolute Gasteiger partial charge is 0.325 e. The van der Waals surface area contributed by atoms with Crippen LogP contribution in [0.4, 0.5) is 11.4 Å². The SMILES string of the molecule is Cc1cccc(NC(=O)c2ccccc2NC(=O)[C@@H]2CCS(=O)(=O)C2)c1. The lowest BCUT2D eigenvalue weighted by molar-refractivity contribution is -0.119. The Morgan fingerprint density at radius 2 is 1.81 bits per heavy atom. The molecular weight excluding hydrogens is 352 g/mol. The molecule has 7 heteroatoms. The molecule has 0 unspecified atom stereocenters. The van der Waals surface area contributed by atoms with Gasteiger partial charge in [-0.15, -0.1) is 0 Å². The van der Waals surface area contributed by atoms with Gasteiger partial charge in [0.1, 0.15) is 0 Å². The van der Waals surface area contributed by atoms with Crippen LogP contribution < -0.4 is 10.6 Å². The standard InChI is InChI=1S/C19H20N2O4S/c1-13-5-4-6-15(11-13)20-19(23)16-7-2-3-8-17(16)21-18(22)14-9-10-26(24,25)12-14/h2-8,11,14H,9-10,12H2,1H3,(H,20,23)(H,21,22)/t14-/m1/s1. The molecule has 0 aromatic heterocycles. The number of anilines is 2. The van der Waals surface area contributed by atoms with E-state index in [-0.39, 0.29) is 23.3 Å². The van der Waals surface area contributed by atoms with Crippen molar-refractivity contribution in [3.63, 3.8) is 0 Å². The van der Waals surface area contributed by atoms with Crippen molar-refractivity contribution in [2.75, 3.05) is 22.1 Å². The molecule has 2 N–H and O–H groups in total. The third-order valence-electron chi connectivity index (χ3n) is 4.31. The highest BCUT2D eigenvalue weighted by atomic mass is 32.2. The Hall–Kier alpha value is -2.67. The third kappa shape index (κ3) is 4.29. The van der Waals surface area contributed by atoms with Crippen molar-refractivity contribution in [3.8, 4) is 0 Å². The predicted molar refractivity (Wildman–Crippen MR) is 101 cm³/mol. The van der Waals surface area contributed by atoms with Crippen molar-refractivity contribution in [3.05, 3.63) is 59.7 Å². The van der Waals surface area contributed by atoms with Gasteiger partial charge in [-0.2, -0.15) is 0 Å². The zero-order valence-corrected chi connectivity index (χ0v) is 15.2. The van der Waals surface area contributed by atoms with Crippen LogP contribution >= 0.6 is 0 Å². The van der Waals surface area contributed by atoms with E-state index in [1.165, 1.54) is 0 Å². The van der Waals surface area contributed by atoms with Crippen LogP contribution in [0.1, 0.15) is 22.3 Å². The van der Waals surface area contributed by atoms with E-state index in [9.17, 15) is 18.0 Å². The van der Waals surface area contributed by atoms with Gasteiger partial charge in [-0.3, -0.25) is 9.59 Å². The predicted octanol–water partition coefficient (Wildman–Crippen LogP) is 2.62. The van der Waals surface area contributed by atoms with E-state index >= 15 is 0 Å². The molecule has 6 nitrogen and oxygen atoms in total. The van der Waals surface area contributed by atoms with Gasteiger partial charge in [-0.25, -0.2) is 8.42 Å². The number of hydrogen-bond acceptors (Lipinski definition) is 4. The molecule has 1 fully saturated rings. The Morgan fingerprint density at radius 1 is 1.04 bits per heavy atom. The van der Waals surface area contributed by atoms with Gasteiger partial charge < -0.3 is 10.6 Å². The van der Waals surface area contributed by atoms with Crippen LogP contribution in [-0.4, -0.2) is 31.7 Å². The minimum absolute atomic E-state index is 0.0284. The number of aryl methyl sites for hydroxylation is 1. The summed E-state index contributed by atoms with van der Waals surface area (Å²) in [7, 11) is -3.14. The summed E-state index contributed by atoms with van der Waals surface area (Å²) in [4.78, 5) is 25.0. The van der Waals surface area contributed by atoms with E-state index in [1.807, 2.05) is 25.1 Å². The Labute approximate surface area is 152 Å². The minimum atomic E-state index is -3.14. The number of amides is 2. The molecule has 0 saturated carbocycles. The Morgan fingerprint density at radius 3 is 2.50 bits per heavy atom. The van der Waals surface area contributed by atoms with Gasteiger partial charge in [0.25, 0.3) is 5.91 Å². The zero-order valence-electron chi connectivity index (χ0n) is 14.4. The number of nitrogens with one attached hydrogen (secondary N) is 2. The molecule has 1 aliphatic rings. The second-order valence-corrected chi connectivity index (χ2v) is 8.69. The second-order valence-electron chi connectivity index (χ2n) is 6.46. The molecule has 1 saturated heterocycles.